The normalized spacial score (nSPS) is 23.4. The Labute approximate surface area is 116 Å². The minimum atomic E-state index is -0.0263. The predicted octanol–water partition coefficient (Wildman–Crippen LogP) is 2.56. The van der Waals surface area contributed by atoms with Crippen molar-refractivity contribution in [3.05, 3.63) is 30.0 Å². The molecule has 0 aliphatic heterocycles. The van der Waals surface area contributed by atoms with Gasteiger partial charge in [-0.2, -0.15) is 4.37 Å². The van der Waals surface area contributed by atoms with E-state index in [1.54, 1.807) is 11.5 Å². The smallest absolute Gasteiger partial charge is 0.236 e. The van der Waals surface area contributed by atoms with Gasteiger partial charge in [0.05, 0.1) is 10.4 Å². The maximum Gasteiger partial charge on any atom is 0.236 e. The summed E-state index contributed by atoms with van der Waals surface area (Å²) in [5, 5.41) is 1.28. The van der Waals surface area contributed by atoms with E-state index >= 15 is 0 Å². The first-order chi connectivity index (χ1) is 9.29. The molecule has 0 unspecified atom stereocenters. The van der Waals surface area contributed by atoms with Crippen LogP contribution in [0.4, 0.5) is 0 Å². The molecule has 1 amide bonds. The first kappa shape index (κ1) is 12.6. The molecule has 1 aromatic carbocycles. The van der Waals surface area contributed by atoms with E-state index in [1.807, 2.05) is 6.07 Å². The van der Waals surface area contributed by atoms with Gasteiger partial charge < -0.3 is 0 Å². The number of aromatic nitrogens is 1. The van der Waals surface area contributed by atoms with E-state index in [4.69, 9.17) is 5.84 Å². The van der Waals surface area contributed by atoms with Crippen molar-refractivity contribution >= 4 is 27.5 Å². The molecule has 2 aromatic rings. The van der Waals surface area contributed by atoms with E-state index in [0.717, 1.165) is 25.7 Å². The van der Waals surface area contributed by atoms with Crippen molar-refractivity contribution in [1.29, 1.82) is 0 Å². The van der Waals surface area contributed by atoms with E-state index in [-0.39, 0.29) is 11.8 Å². The molecule has 0 radical (unpaired) electrons. The zero-order valence-corrected chi connectivity index (χ0v) is 11.5. The molecule has 1 aromatic heterocycles. The van der Waals surface area contributed by atoms with Crippen LogP contribution in [0, 0.1) is 5.92 Å². The van der Waals surface area contributed by atoms with Crippen LogP contribution < -0.4 is 11.3 Å². The molecule has 0 spiro atoms. The zero-order valence-electron chi connectivity index (χ0n) is 10.6. The van der Waals surface area contributed by atoms with Crippen LogP contribution in [0.3, 0.4) is 0 Å². The highest BCUT2D eigenvalue weighted by Gasteiger charge is 2.28. The van der Waals surface area contributed by atoms with Crippen LogP contribution in [0.1, 0.15) is 37.3 Å². The summed E-state index contributed by atoms with van der Waals surface area (Å²) in [5.41, 5.74) is 3.48. The van der Waals surface area contributed by atoms with Crippen molar-refractivity contribution < 1.29 is 4.79 Å². The summed E-state index contributed by atoms with van der Waals surface area (Å²) in [4.78, 5) is 11.5. The molecule has 1 aliphatic rings. The number of benzene rings is 1. The van der Waals surface area contributed by atoms with Gasteiger partial charge in [0, 0.05) is 17.2 Å². The van der Waals surface area contributed by atoms with Gasteiger partial charge in [-0.25, -0.2) is 5.84 Å². The molecule has 1 saturated carbocycles. The second kappa shape index (κ2) is 5.27. The van der Waals surface area contributed by atoms with Crippen LogP contribution in [-0.4, -0.2) is 10.3 Å². The summed E-state index contributed by atoms with van der Waals surface area (Å²) in [7, 11) is 0. The predicted molar refractivity (Wildman–Crippen MR) is 76.6 cm³/mol. The van der Waals surface area contributed by atoms with Crippen molar-refractivity contribution in [3.8, 4) is 0 Å². The number of nitrogens with zero attached hydrogens (tertiary/aromatic N) is 1. The quantitative estimate of drug-likeness (QED) is 0.503. The molecule has 4 nitrogen and oxygen atoms in total. The average molecular weight is 275 g/mol. The van der Waals surface area contributed by atoms with Crippen molar-refractivity contribution in [2.75, 3.05) is 0 Å². The highest BCUT2D eigenvalue weighted by molar-refractivity contribution is 7.13. The minimum Gasteiger partial charge on any atom is -0.294 e. The van der Waals surface area contributed by atoms with Crippen LogP contribution in [-0.2, 0) is 4.79 Å². The summed E-state index contributed by atoms with van der Waals surface area (Å²) in [6, 6.07) is 8.37. The van der Waals surface area contributed by atoms with Gasteiger partial charge >= 0.3 is 0 Å². The molecule has 100 valence electrons. The number of nitrogens with two attached hydrogens (primary N) is 1. The highest BCUT2D eigenvalue weighted by Crippen LogP contribution is 2.39. The monoisotopic (exact) mass is 275 g/mol. The Morgan fingerprint density at radius 1 is 1.26 bits per heavy atom. The summed E-state index contributed by atoms with van der Waals surface area (Å²) in [5.74, 6) is 5.73. The number of hydrogen-bond donors (Lipinski definition) is 2. The van der Waals surface area contributed by atoms with Crippen molar-refractivity contribution in [2.45, 2.75) is 31.6 Å². The van der Waals surface area contributed by atoms with Crippen LogP contribution >= 0.6 is 11.5 Å². The lowest BCUT2D eigenvalue weighted by atomic mass is 9.79. The van der Waals surface area contributed by atoms with E-state index in [2.05, 4.69) is 28.0 Å². The fourth-order valence-corrected chi connectivity index (χ4v) is 3.80. The molecule has 0 bridgehead atoms. The molecule has 3 rings (SSSR count). The molecule has 0 atom stereocenters. The lowest BCUT2D eigenvalue weighted by molar-refractivity contribution is -0.126. The molecule has 1 heterocycles. The van der Waals surface area contributed by atoms with E-state index < -0.39 is 0 Å². The summed E-state index contributed by atoms with van der Waals surface area (Å²) >= 11 is 1.57. The lowest BCUT2D eigenvalue weighted by Gasteiger charge is -2.26. The third-order valence-electron chi connectivity index (χ3n) is 4.03. The second-order valence-electron chi connectivity index (χ2n) is 5.12. The van der Waals surface area contributed by atoms with Crippen LogP contribution in [0.2, 0.25) is 0 Å². The molecule has 3 N–H and O–H groups in total. The first-order valence-electron chi connectivity index (χ1n) is 6.64. The molecular formula is C14H17N3OS. The van der Waals surface area contributed by atoms with Gasteiger partial charge in [0.25, 0.3) is 0 Å². The Morgan fingerprint density at radius 3 is 2.74 bits per heavy atom. The third-order valence-corrected chi connectivity index (χ3v) is 4.87. The number of hydrogen-bond acceptors (Lipinski definition) is 4. The van der Waals surface area contributed by atoms with Crippen LogP contribution in [0.15, 0.2) is 24.3 Å². The topological polar surface area (TPSA) is 68.0 Å². The molecule has 19 heavy (non-hydrogen) atoms. The Morgan fingerprint density at radius 2 is 2.00 bits per heavy atom. The number of carbonyl (C=O) groups is 1. The Kier molecular flexibility index (Phi) is 3.48. The Hall–Kier alpha value is -1.46. The molecule has 5 heteroatoms. The van der Waals surface area contributed by atoms with Gasteiger partial charge in [-0.3, -0.25) is 10.2 Å². The lowest BCUT2D eigenvalue weighted by Crippen LogP contribution is -2.37. The number of hydrazine groups is 1. The summed E-state index contributed by atoms with van der Waals surface area (Å²) in [6.45, 7) is 0. The van der Waals surface area contributed by atoms with Gasteiger partial charge in [0.2, 0.25) is 5.91 Å². The van der Waals surface area contributed by atoms with Crippen molar-refractivity contribution in [3.63, 3.8) is 0 Å². The summed E-state index contributed by atoms with van der Waals surface area (Å²) < 4.78 is 5.87. The summed E-state index contributed by atoms with van der Waals surface area (Å²) in [6.07, 6.45) is 3.84. The highest BCUT2D eigenvalue weighted by atomic mass is 32.1. The fraction of sp³-hybridized carbons (Fsp3) is 0.429. The SMILES string of the molecule is NNC(=O)C1CCC(c2nsc3ccccc23)CC1. The van der Waals surface area contributed by atoms with Crippen LogP contribution in [0.25, 0.3) is 10.1 Å². The Balaban J connectivity index is 1.77. The standard InChI is InChI=1S/C14H17N3OS/c15-16-14(18)10-7-5-9(6-8-10)13-11-3-1-2-4-12(11)19-17-13/h1-4,9-10H,5-8,15H2,(H,16,18). The van der Waals surface area contributed by atoms with Gasteiger partial charge in [-0.15, -0.1) is 0 Å². The fourth-order valence-electron chi connectivity index (χ4n) is 2.95. The number of carbonyl (C=O) groups excluding carboxylic acids is 1. The van der Waals surface area contributed by atoms with Gasteiger partial charge in [0.1, 0.15) is 0 Å². The largest absolute Gasteiger partial charge is 0.294 e. The van der Waals surface area contributed by atoms with E-state index in [0.29, 0.717) is 5.92 Å². The average Bonchev–Trinajstić information content (AvgIpc) is 2.90. The molecule has 1 aliphatic carbocycles. The maximum absolute atomic E-state index is 11.5. The minimum absolute atomic E-state index is 0.0263. The number of nitrogens with one attached hydrogen (secondary N) is 1. The molecular weight excluding hydrogens is 258 g/mol. The van der Waals surface area contributed by atoms with Gasteiger partial charge in [-0.05, 0) is 43.3 Å². The Bertz CT molecular complexity index is 587. The van der Waals surface area contributed by atoms with E-state index in [9.17, 15) is 4.79 Å². The first-order valence-corrected chi connectivity index (χ1v) is 7.41. The number of rotatable bonds is 2. The number of fused-ring (bicyclic) bond motifs is 1. The van der Waals surface area contributed by atoms with Crippen molar-refractivity contribution in [1.82, 2.24) is 9.80 Å². The number of amides is 1. The maximum atomic E-state index is 11.5. The van der Waals surface area contributed by atoms with E-state index in [1.165, 1.54) is 15.8 Å². The van der Waals surface area contributed by atoms with Gasteiger partial charge in [-0.1, -0.05) is 18.2 Å². The third kappa shape index (κ3) is 2.35. The van der Waals surface area contributed by atoms with Crippen LogP contribution in [0.5, 0.6) is 0 Å². The van der Waals surface area contributed by atoms with Crippen molar-refractivity contribution in [2.24, 2.45) is 11.8 Å². The second-order valence-corrected chi connectivity index (χ2v) is 5.93. The zero-order chi connectivity index (χ0) is 13.2. The molecule has 0 saturated heterocycles. The molecule has 1 fully saturated rings. The van der Waals surface area contributed by atoms with Gasteiger partial charge in [0.15, 0.2) is 0 Å².